The zero-order valence-corrected chi connectivity index (χ0v) is 11.2. The van der Waals surface area contributed by atoms with Crippen molar-refractivity contribution in [3.05, 3.63) is 21.3 Å². The van der Waals surface area contributed by atoms with E-state index in [1.54, 1.807) is 24.8 Å². The fraction of sp³-hybridized carbons (Fsp3) is 0.455. The Morgan fingerprint density at radius 2 is 2.18 bits per heavy atom. The van der Waals surface area contributed by atoms with Gasteiger partial charge in [-0.1, -0.05) is 11.6 Å². The summed E-state index contributed by atoms with van der Waals surface area (Å²) >= 11 is 7.26. The molecule has 1 aliphatic rings. The molecule has 92 valence electrons. The predicted molar refractivity (Wildman–Crippen MR) is 67.0 cm³/mol. The van der Waals surface area contributed by atoms with Crippen molar-refractivity contribution in [1.29, 1.82) is 0 Å². The molecule has 2 heterocycles. The van der Waals surface area contributed by atoms with Gasteiger partial charge in [-0.25, -0.2) is 0 Å². The molecular formula is C11H13ClN2O2S. The number of piperazine rings is 1. The Balaban J connectivity index is 2.15. The van der Waals surface area contributed by atoms with E-state index in [4.69, 9.17) is 11.6 Å². The van der Waals surface area contributed by atoms with Crippen LogP contribution in [0, 0.1) is 0 Å². The first-order valence-corrected chi connectivity index (χ1v) is 6.42. The molecule has 1 aromatic rings. The number of carbonyl (C=O) groups is 2. The van der Waals surface area contributed by atoms with Crippen molar-refractivity contribution in [2.75, 3.05) is 6.54 Å². The summed E-state index contributed by atoms with van der Waals surface area (Å²) < 4.78 is 0.688. The predicted octanol–water partition coefficient (Wildman–Crippen LogP) is 1.64. The van der Waals surface area contributed by atoms with Crippen molar-refractivity contribution < 1.29 is 9.59 Å². The molecule has 0 saturated carbocycles. The Labute approximate surface area is 109 Å². The average molecular weight is 273 g/mol. The Morgan fingerprint density at radius 3 is 2.76 bits per heavy atom. The van der Waals surface area contributed by atoms with Crippen LogP contribution in [0.1, 0.15) is 18.7 Å². The first-order chi connectivity index (χ1) is 7.88. The Hall–Kier alpha value is -1.07. The maximum atomic E-state index is 12.1. The van der Waals surface area contributed by atoms with Crippen LogP contribution in [-0.4, -0.2) is 28.8 Å². The monoisotopic (exact) mass is 272 g/mol. The largest absolute Gasteiger partial charge is 0.341 e. The molecule has 0 aliphatic carbocycles. The van der Waals surface area contributed by atoms with Crippen LogP contribution in [0.4, 0.5) is 0 Å². The van der Waals surface area contributed by atoms with Crippen molar-refractivity contribution >= 4 is 34.8 Å². The third-order valence-electron chi connectivity index (χ3n) is 2.58. The Morgan fingerprint density at radius 1 is 1.47 bits per heavy atom. The number of hydrogen-bond acceptors (Lipinski definition) is 3. The van der Waals surface area contributed by atoms with Crippen LogP contribution in [0.15, 0.2) is 12.1 Å². The minimum atomic E-state index is -0.823. The Kier molecular flexibility index (Phi) is 3.14. The number of rotatable bonds is 2. The van der Waals surface area contributed by atoms with Gasteiger partial charge in [0, 0.05) is 4.88 Å². The molecule has 0 spiro atoms. The van der Waals surface area contributed by atoms with Crippen molar-refractivity contribution in [3.63, 3.8) is 0 Å². The highest BCUT2D eigenvalue weighted by atomic mass is 35.5. The fourth-order valence-electron chi connectivity index (χ4n) is 1.83. The van der Waals surface area contributed by atoms with Crippen LogP contribution < -0.4 is 5.32 Å². The number of hydrogen-bond donors (Lipinski definition) is 1. The summed E-state index contributed by atoms with van der Waals surface area (Å²) in [6, 6.07) is 3.67. The molecule has 0 atom stereocenters. The third kappa shape index (κ3) is 2.61. The van der Waals surface area contributed by atoms with Crippen molar-refractivity contribution in [2.45, 2.75) is 25.9 Å². The highest BCUT2D eigenvalue weighted by Gasteiger charge is 2.38. The van der Waals surface area contributed by atoms with Crippen LogP contribution >= 0.6 is 22.9 Å². The molecule has 0 radical (unpaired) electrons. The minimum Gasteiger partial charge on any atom is -0.341 e. The van der Waals surface area contributed by atoms with Gasteiger partial charge in [-0.3, -0.25) is 9.59 Å². The highest BCUT2D eigenvalue weighted by molar-refractivity contribution is 7.16. The number of amides is 2. The quantitative estimate of drug-likeness (QED) is 0.890. The summed E-state index contributed by atoms with van der Waals surface area (Å²) in [4.78, 5) is 26.1. The van der Waals surface area contributed by atoms with E-state index in [0.717, 1.165) is 4.88 Å². The summed E-state index contributed by atoms with van der Waals surface area (Å²) in [5.41, 5.74) is -0.823. The molecular weight excluding hydrogens is 260 g/mol. The number of halogens is 1. The summed E-state index contributed by atoms with van der Waals surface area (Å²) in [5, 5.41) is 2.67. The average Bonchev–Trinajstić information content (AvgIpc) is 2.59. The van der Waals surface area contributed by atoms with Gasteiger partial charge in [-0.05, 0) is 26.0 Å². The van der Waals surface area contributed by atoms with Gasteiger partial charge in [0.15, 0.2) is 0 Å². The van der Waals surface area contributed by atoms with Crippen LogP contribution in [0.3, 0.4) is 0 Å². The number of nitrogens with one attached hydrogen (secondary N) is 1. The second kappa shape index (κ2) is 4.31. The molecule has 17 heavy (non-hydrogen) atoms. The maximum absolute atomic E-state index is 12.1. The van der Waals surface area contributed by atoms with Gasteiger partial charge in [0.1, 0.15) is 12.1 Å². The van der Waals surface area contributed by atoms with E-state index in [1.165, 1.54) is 11.3 Å². The van der Waals surface area contributed by atoms with E-state index >= 15 is 0 Å². The van der Waals surface area contributed by atoms with E-state index < -0.39 is 5.54 Å². The molecule has 1 saturated heterocycles. The molecule has 1 aliphatic heterocycles. The topological polar surface area (TPSA) is 49.4 Å². The molecule has 1 aromatic heterocycles. The molecule has 2 rings (SSSR count). The first-order valence-electron chi connectivity index (χ1n) is 5.23. The van der Waals surface area contributed by atoms with E-state index in [0.29, 0.717) is 10.9 Å². The van der Waals surface area contributed by atoms with Gasteiger partial charge in [0.25, 0.3) is 0 Å². The smallest absolute Gasteiger partial charge is 0.248 e. The van der Waals surface area contributed by atoms with Gasteiger partial charge >= 0.3 is 0 Å². The SMILES string of the molecule is CC1(C)NC(=O)CN(Cc2ccc(Cl)s2)C1=O. The lowest BCUT2D eigenvalue weighted by Crippen LogP contribution is -2.63. The van der Waals surface area contributed by atoms with Gasteiger partial charge in [-0.15, -0.1) is 11.3 Å². The molecule has 0 unspecified atom stereocenters. The molecule has 1 N–H and O–H groups in total. The molecule has 2 amide bonds. The van der Waals surface area contributed by atoms with Crippen molar-refractivity contribution in [2.24, 2.45) is 0 Å². The highest BCUT2D eigenvalue weighted by Crippen LogP contribution is 2.24. The van der Waals surface area contributed by atoms with Gasteiger partial charge in [0.2, 0.25) is 11.8 Å². The second-order valence-corrected chi connectivity index (χ2v) is 6.34. The normalized spacial score (nSPS) is 19.4. The fourth-order valence-corrected chi connectivity index (χ4v) is 2.94. The summed E-state index contributed by atoms with van der Waals surface area (Å²) in [6.45, 7) is 3.96. The van der Waals surface area contributed by atoms with Gasteiger partial charge < -0.3 is 10.2 Å². The van der Waals surface area contributed by atoms with Crippen LogP contribution in [0.5, 0.6) is 0 Å². The molecule has 4 nitrogen and oxygen atoms in total. The van der Waals surface area contributed by atoms with Crippen molar-refractivity contribution in [1.82, 2.24) is 10.2 Å². The van der Waals surface area contributed by atoms with Crippen LogP contribution in [-0.2, 0) is 16.1 Å². The lowest BCUT2D eigenvalue weighted by molar-refractivity contribution is -0.148. The summed E-state index contributed by atoms with van der Waals surface area (Å²) in [7, 11) is 0. The zero-order valence-electron chi connectivity index (χ0n) is 9.62. The van der Waals surface area contributed by atoms with Crippen LogP contribution in [0.25, 0.3) is 0 Å². The van der Waals surface area contributed by atoms with Gasteiger partial charge in [0.05, 0.1) is 10.9 Å². The van der Waals surface area contributed by atoms with E-state index in [1.807, 2.05) is 6.07 Å². The van der Waals surface area contributed by atoms with E-state index in [2.05, 4.69) is 5.32 Å². The summed E-state index contributed by atoms with van der Waals surface area (Å²) in [5.74, 6) is -0.195. The number of thiophene rings is 1. The molecule has 1 fully saturated rings. The van der Waals surface area contributed by atoms with Crippen LogP contribution in [0.2, 0.25) is 4.34 Å². The zero-order chi connectivity index (χ0) is 12.6. The number of carbonyl (C=O) groups excluding carboxylic acids is 2. The third-order valence-corrected chi connectivity index (χ3v) is 3.80. The summed E-state index contributed by atoms with van der Waals surface area (Å²) in [6.07, 6.45) is 0. The molecule has 6 heteroatoms. The van der Waals surface area contributed by atoms with Crippen molar-refractivity contribution in [3.8, 4) is 0 Å². The standard InChI is InChI=1S/C11H13ClN2O2S/c1-11(2)10(16)14(6-9(15)13-11)5-7-3-4-8(12)17-7/h3-4H,5-6H2,1-2H3,(H,13,15). The minimum absolute atomic E-state index is 0.0679. The first kappa shape index (κ1) is 12.4. The lowest BCUT2D eigenvalue weighted by atomic mass is 10.0. The van der Waals surface area contributed by atoms with Gasteiger partial charge in [-0.2, -0.15) is 0 Å². The second-order valence-electron chi connectivity index (χ2n) is 4.54. The molecule has 0 bridgehead atoms. The van der Waals surface area contributed by atoms with E-state index in [9.17, 15) is 9.59 Å². The Bertz CT molecular complexity index is 470. The molecule has 0 aromatic carbocycles. The lowest BCUT2D eigenvalue weighted by Gasteiger charge is -2.37. The maximum Gasteiger partial charge on any atom is 0.248 e. The number of nitrogens with zero attached hydrogens (tertiary/aromatic N) is 1. The van der Waals surface area contributed by atoms with E-state index in [-0.39, 0.29) is 18.4 Å².